The SMILES string of the molecule is CN(C)CC(C)(C)CNC(=O)CNC(=O)c1ccccc1Cl. The lowest BCUT2D eigenvalue weighted by molar-refractivity contribution is -0.120. The van der Waals surface area contributed by atoms with Crippen molar-refractivity contribution in [2.24, 2.45) is 5.41 Å². The average Bonchev–Trinajstić information content (AvgIpc) is 2.42. The fourth-order valence-electron chi connectivity index (χ4n) is 2.21. The minimum absolute atomic E-state index is 0.0358. The van der Waals surface area contributed by atoms with Crippen molar-refractivity contribution in [2.45, 2.75) is 13.8 Å². The van der Waals surface area contributed by atoms with Crippen LogP contribution >= 0.6 is 11.6 Å². The van der Waals surface area contributed by atoms with E-state index in [2.05, 4.69) is 29.4 Å². The van der Waals surface area contributed by atoms with Gasteiger partial charge in [-0.2, -0.15) is 0 Å². The molecule has 0 heterocycles. The first-order chi connectivity index (χ1) is 10.2. The third-order valence-electron chi connectivity index (χ3n) is 3.04. The van der Waals surface area contributed by atoms with Crippen molar-refractivity contribution in [2.75, 3.05) is 33.7 Å². The number of benzene rings is 1. The molecular formula is C16H24ClN3O2. The van der Waals surface area contributed by atoms with E-state index in [4.69, 9.17) is 11.6 Å². The summed E-state index contributed by atoms with van der Waals surface area (Å²) in [5, 5.41) is 5.78. The number of carbonyl (C=O) groups excluding carboxylic acids is 2. The van der Waals surface area contributed by atoms with Crippen molar-refractivity contribution < 1.29 is 9.59 Å². The molecule has 0 fully saturated rings. The van der Waals surface area contributed by atoms with Crippen LogP contribution in [-0.2, 0) is 4.79 Å². The summed E-state index contributed by atoms with van der Waals surface area (Å²) in [6, 6.07) is 6.74. The van der Waals surface area contributed by atoms with Crippen LogP contribution in [0, 0.1) is 5.41 Å². The minimum atomic E-state index is -0.353. The molecule has 0 spiro atoms. The van der Waals surface area contributed by atoms with Crippen LogP contribution in [0.15, 0.2) is 24.3 Å². The van der Waals surface area contributed by atoms with Crippen molar-refractivity contribution in [1.82, 2.24) is 15.5 Å². The maximum absolute atomic E-state index is 11.9. The van der Waals surface area contributed by atoms with E-state index in [0.29, 0.717) is 17.1 Å². The highest BCUT2D eigenvalue weighted by Gasteiger charge is 2.20. The van der Waals surface area contributed by atoms with Gasteiger partial charge >= 0.3 is 0 Å². The third-order valence-corrected chi connectivity index (χ3v) is 3.37. The summed E-state index contributed by atoms with van der Waals surface area (Å²) in [7, 11) is 3.99. The van der Waals surface area contributed by atoms with Crippen LogP contribution in [0.5, 0.6) is 0 Å². The zero-order valence-corrected chi connectivity index (χ0v) is 14.3. The number of amides is 2. The van der Waals surface area contributed by atoms with E-state index >= 15 is 0 Å². The summed E-state index contributed by atoms with van der Waals surface area (Å²) >= 11 is 5.94. The second kappa shape index (κ2) is 8.15. The van der Waals surface area contributed by atoms with E-state index in [1.54, 1.807) is 24.3 Å². The van der Waals surface area contributed by atoms with Crippen LogP contribution < -0.4 is 10.6 Å². The molecule has 6 heteroatoms. The molecule has 5 nitrogen and oxygen atoms in total. The van der Waals surface area contributed by atoms with Gasteiger partial charge in [-0.15, -0.1) is 0 Å². The molecule has 2 amide bonds. The van der Waals surface area contributed by atoms with E-state index in [1.807, 2.05) is 14.1 Å². The van der Waals surface area contributed by atoms with E-state index in [1.165, 1.54) is 0 Å². The first kappa shape index (κ1) is 18.5. The third kappa shape index (κ3) is 6.45. The number of hydrogen-bond acceptors (Lipinski definition) is 3. The molecule has 0 radical (unpaired) electrons. The quantitative estimate of drug-likeness (QED) is 0.803. The summed E-state index contributed by atoms with van der Waals surface area (Å²) in [4.78, 5) is 25.8. The highest BCUT2D eigenvalue weighted by molar-refractivity contribution is 6.33. The number of carbonyl (C=O) groups is 2. The molecule has 122 valence electrons. The molecule has 0 bridgehead atoms. The van der Waals surface area contributed by atoms with Crippen LogP contribution in [0.1, 0.15) is 24.2 Å². The van der Waals surface area contributed by atoms with Crippen molar-refractivity contribution in [1.29, 1.82) is 0 Å². The Hall–Kier alpha value is -1.59. The van der Waals surface area contributed by atoms with Gasteiger partial charge < -0.3 is 15.5 Å². The van der Waals surface area contributed by atoms with Crippen LogP contribution in [0.25, 0.3) is 0 Å². The molecule has 2 N–H and O–H groups in total. The predicted molar refractivity (Wildman–Crippen MR) is 89.1 cm³/mol. The predicted octanol–water partition coefficient (Wildman–Crippen LogP) is 1.77. The lowest BCUT2D eigenvalue weighted by Gasteiger charge is -2.28. The lowest BCUT2D eigenvalue weighted by atomic mass is 9.93. The Bertz CT molecular complexity index is 530. The highest BCUT2D eigenvalue weighted by Crippen LogP contribution is 2.15. The van der Waals surface area contributed by atoms with Gasteiger partial charge in [-0.25, -0.2) is 0 Å². The highest BCUT2D eigenvalue weighted by atomic mass is 35.5. The zero-order valence-electron chi connectivity index (χ0n) is 13.6. The molecule has 0 aliphatic carbocycles. The van der Waals surface area contributed by atoms with Gasteiger partial charge in [-0.05, 0) is 31.6 Å². The van der Waals surface area contributed by atoms with Crippen LogP contribution in [0.2, 0.25) is 5.02 Å². The summed E-state index contributed by atoms with van der Waals surface area (Å²) < 4.78 is 0. The summed E-state index contributed by atoms with van der Waals surface area (Å²) in [5.41, 5.74) is 0.330. The summed E-state index contributed by atoms with van der Waals surface area (Å²) in [6.45, 7) is 5.50. The number of nitrogens with one attached hydrogen (secondary N) is 2. The molecule has 22 heavy (non-hydrogen) atoms. The number of hydrogen-bond donors (Lipinski definition) is 2. The first-order valence-electron chi connectivity index (χ1n) is 7.15. The average molecular weight is 326 g/mol. The Morgan fingerprint density at radius 3 is 2.41 bits per heavy atom. The maximum atomic E-state index is 11.9. The van der Waals surface area contributed by atoms with Gasteiger partial charge in [0.05, 0.1) is 17.1 Å². The second-order valence-electron chi connectivity index (χ2n) is 6.34. The molecule has 1 rings (SSSR count). The van der Waals surface area contributed by atoms with Crippen molar-refractivity contribution in [3.8, 4) is 0 Å². The van der Waals surface area contributed by atoms with E-state index < -0.39 is 0 Å². The van der Waals surface area contributed by atoms with Crippen LogP contribution in [-0.4, -0.2) is 50.4 Å². The van der Waals surface area contributed by atoms with Gasteiger partial charge in [0.15, 0.2) is 0 Å². The Labute approximate surface area is 137 Å². The molecule has 1 aromatic carbocycles. The standard InChI is InChI=1S/C16H24ClN3O2/c1-16(2,11-20(3)4)10-19-14(21)9-18-15(22)12-7-5-6-8-13(12)17/h5-8H,9-11H2,1-4H3,(H,18,22)(H,19,21). The first-order valence-corrected chi connectivity index (χ1v) is 7.53. The van der Waals surface area contributed by atoms with Crippen molar-refractivity contribution in [3.63, 3.8) is 0 Å². The Morgan fingerprint density at radius 2 is 1.82 bits per heavy atom. The summed E-state index contributed by atoms with van der Waals surface area (Å²) in [6.07, 6.45) is 0. The normalized spacial score (nSPS) is 11.4. The Balaban J connectivity index is 2.41. The van der Waals surface area contributed by atoms with Crippen molar-refractivity contribution in [3.05, 3.63) is 34.9 Å². The monoisotopic (exact) mass is 325 g/mol. The molecule has 0 aliphatic heterocycles. The molecule has 0 aliphatic rings. The molecule has 0 saturated heterocycles. The van der Waals surface area contributed by atoms with Crippen LogP contribution in [0.4, 0.5) is 0 Å². The molecule has 0 unspecified atom stereocenters. The van der Waals surface area contributed by atoms with Gasteiger partial charge in [0, 0.05) is 13.1 Å². The maximum Gasteiger partial charge on any atom is 0.253 e. The topological polar surface area (TPSA) is 61.4 Å². The largest absolute Gasteiger partial charge is 0.354 e. The van der Waals surface area contributed by atoms with Crippen LogP contribution in [0.3, 0.4) is 0 Å². The minimum Gasteiger partial charge on any atom is -0.354 e. The fourth-order valence-corrected chi connectivity index (χ4v) is 2.44. The molecular weight excluding hydrogens is 302 g/mol. The fraction of sp³-hybridized carbons (Fsp3) is 0.500. The van der Waals surface area contributed by atoms with Gasteiger partial charge in [0.25, 0.3) is 5.91 Å². The van der Waals surface area contributed by atoms with Crippen molar-refractivity contribution >= 4 is 23.4 Å². The van der Waals surface area contributed by atoms with Gasteiger partial charge in [-0.1, -0.05) is 37.6 Å². The Kier molecular flexibility index (Phi) is 6.84. The van der Waals surface area contributed by atoms with Gasteiger partial charge in [-0.3, -0.25) is 9.59 Å². The molecule has 0 aromatic heterocycles. The molecule has 0 atom stereocenters. The van der Waals surface area contributed by atoms with Gasteiger partial charge in [0.1, 0.15) is 0 Å². The number of nitrogens with zero attached hydrogens (tertiary/aromatic N) is 1. The van der Waals surface area contributed by atoms with E-state index in [0.717, 1.165) is 6.54 Å². The lowest BCUT2D eigenvalue weighted by Crippen LogP contribution is -2.43. The number of rotatable bonds is 7. The van der Waals surface area contributed by atoms with Gasteiger partial charge in [0.2, 0.25) is 5.91 Å². The second-order valence-corrected chi connectivity index (χ2v) is 6.75. The van der Waals surface area contributed by atoms with E-state index in [-0.39, 0.29) is 23.8 Å². The summed E-state index contributed by atoms with van der Waals surface area (Å²) in [5.74, 6) is -0.569. The number of halogens is 1. The smallest absolute Gasteiger partial charge is 0.253 e. The molecule has 0 saturated carbocycles. The zero-order chi connectivity index (χ0) is 16.8. The molecule has 1 aromatic rings. The van der Waals surface area contributed by atoms with E-state index in [9.17, 15) is 9.59 Å². The Morgan fingerprint density at radius 1 is 1.18 bits per heavy atom.